The van der Waals surface area contributed by atoms with Gasteiger partial charge in [0.1, 0.15) is 11.5 Å². The maximum absolute atomic E-state index is 13.1. The van der Waals surface area contributed by atoms with Gasteiger partial charge < -0.3 is 18.9 Å². The van der Waals surface area contributed by atoms with Gasteiger partial charge in [-0.3, -0.25) is 0 Å². The Labute approximate surface area is 239 Å². The van der Waals surface area contributed by atoms with Crippen LogP contribution in [0.2, 0.25) is 0 Å². The molecule has 0 bridgehead atoms. The maximum Gasteiger partial charge on any atom is 0.347 e. The summed E-state index contributed by atoms with van der Waals surface area (Å²) in [5, 5.41) is 3.34. The van der Waals surface area contributed by atoms with Gasteiger partial charge in [0.15, 0.2) is 12.2 Å². The number of hydrogen-bond acceptors (Lipinski definition) is 6. The summed E-state index contributed by atoms with van der Waals surface area (Å²) in [5.74, 6) is 0.592. The standard InChI is InChI=1S/C34H46O6/c1-6-11-21-37-33(35)29(15-8-3)39-31-25-17-13-14-18-26(25)32(28-23-24(10-5)19-20-27(28)31)40-30(16-9-4)34(36)38-22-12-7-2/h13-14,17-20,23,29-30H,6-12,15-16,21-22H2,1-5H3. The second kappa shape index (κ2) is 16.1. The lowest BCUT2D eigenvalue weighted by Crippen LogP contribution is -2.30. The van der Waals surface area contributed by atoms with Gasteiger partial charge in [-0.05, 0) is 43.7 Å². The summed E-state index contributed by atoms with van der Waals surface area (Å²) in [6.07, 6.45) is 5.63. The monoisotopic (exact) mass is 550 g/mol. The summed E-state index contributed by atoms with van der Waals surface area (Å²) < 4.78 is 24.2. The Morgan fingerprint density at radius 1 is 0.625 bits per heavy atom. The smallest absolute Gasteiger partial charge is 0.347 e. The number of unbranched alkanes of at least 4 members (excludes halogenated alkanes) is 2. The number of ether oxygens (including phenoxy) is 4. The number of aryl methyl sites for hydroxylation is 1. The molecule has 40 heavy (non-hydrogen) atoms. The molecule has 0 aliphatic heterocycles. The Morgan fingerprint density at radius 3 is 1.55 bits per heavy atom. The van der Waals surface area contributed by atoms with Crippen LogP contribution in [0.15, 0.2) is 42.5 Å². The first-order valence-electron chi connectivity index (χ1n) is 15.1. The molecule has 6 heteroatoms. The van der Waals surface area contributed by atoms with Crippen molar-refractivity contribution in [1.82, 2.24) is 0 Å². The molecule has 6 nitrogen and oxygen atoms in total. The van der Waals surface area contributed by atoms with Gasteiger partial charge in [0.05, 0.1) is 13.2 Å². The van der Waals surface area contributed by atoms with Crippen LogP contribution in [0, 0.1) is 0 Å². The van der Waals surface area contributed by atoms with E-state index in [1.54, 1.807) is 0 Å². The van der Waals surface area contributed by atoms with E-state index in [0.29, 0.717) is 37.6 Å². The molecule has 0 saturated heterocycles. The van der Waals surface area contributed by atoms with Crippen molar-refractivity contribution in [2.45, 2.75) is 105 Å². The quantitative estimate of drug-likeness (QED) is 0.0956. The largest absolute Gasteiger partial charge is 0.477 e. The summed E-state index contributed by atoms with van der Waals surface area (Å²) in [4.78, 5) is 26.1. The number of fused-ring (bicyclic) bond motifs is 2. The zero-order valence-electron chi connectivity index (χ0n) is 24.9. The molecule has 0 N–H and O–H groups in total. The molecule has 0 heterocycles. The van der Waals surface area contributed by atoms with Crippen LogP contribution in [0.25, 0.3) is 21.5 Å². The number of benzene rings is 3. The Morgan fingerprint density at radius 2 is 1.10 bits per heavy atom. The fourth-order valence-electron chi connectivity index (χ4n) is 4.70. The number of rotatable bonds is 17. The van der Waals surface area contributed by atoms with E-state index in [1.165, 1.54) is 0 Å². The molecule has 0 amide bonds. The third-order valence-electron chi connectivity index (χ3n) is 7.03. The summed E-state index contributed by atoms with van der Waals surface area (Å²) in [5.41, 5.74) is 1.14. The first-order chi connectivity index (χ1) is 19.5. The van der Waals surface area contributed by atoms with Gasteiger partial charge in [0.2, 0.25) is 0 Å². The van der Waals surface area contributed by atoms with Crippen LogP contribution in [0.5, 0.6) is 11.5 Å². The van der Waals surface area contributed by atoms with E-state index in [1.807, 2.05) is 44.2 Å². The highest BCUT2D eigenvalue weighted by atomic mass is 16.6. The molecule has 0 spiro atoms. The average Bonchev–Trinajstić information content (AvgIpc) is 2.97. The van der Waals surface area contributed by atoms with Gasteiger partial charge in [-0.2, -0.15) is 0 Å². The molecule has 2 atom stereocenters. The third kappa shape index (κ3) is 7.89. The van der Waals surface area contributed by atoms with Gasteiger partial charge in [-0.15, -0.1) is 0 Å². The fourth-order valence-corrected chi connectivity index (χ4v) is 4.70. The van der Waals surface area contributed by atoms with Crippen LogP contribution in [0.1, 0.15) is 91.5 Å². The molecule has 0 aromatic heterocycles. The molecule has 2 unspecified atom stereocenters. The summed E-state index contributed by atoms with van der Waals surface area (Å²) in [7, 11) is 0. The van der Waals surface area contributed by atoms with E-state index < -0.39 is 12.2 Å². The van der Waals surface area contributed by atoms with Crippen LogP contribution in [0.4, 0.5) is 0 Å². The topological polar surface area (TPSA) is 71.1 Å². The lowest BCUT2D eigenvalue weighted by atomic mass is 9.97. The fraction of sp³-hybridized carbons (Fsp3) is 0.529. The van der Waals surface area contributed by atoms with Crippen molar-refractivity contribution in [1.29, 1.82) is 0 Å². The molecule has 3 aromatic carbocycles. The van der Waals surface area contributed by atoms with E-state index in [-0.39, 0.29) is 11.9 Å². The summed E-state index contributed by atoms with van der Waals surface area (Å²) in [6.45, 7) is 11.1. The number of carbonyl (C=O) groups excluding carboxylic acids is 2. The predicted molar refractivity (Wildman–Crippen MR) is 161 cm³/mol. The van der Waals surface area contributed by atoms with Gasteiger partial charge >= 0.3 is 11.9 Å². The lowest BCUT2D eigenvalue weighted by Gasteiger charge is -2.24. The Kier molecular flexibility index (Phi) is 12.6. The predicted octanol–water partition coefficient (Wildman–Crippen LogP) is 8.34. The zero-order chi connectivity index (χ0) is 28.9. The first-order valence-corrected chi connectivity index (χ1v) is 15.1. The van der Waals surface area contributed by atoms with E-state index in [4.69, 9.17) is 18.9 Å². The third-order valence-corrected chi connectivity index (χ3v) is 7.03. The number of carbonyl (C=O) groups is 2. The minimum absolute atomic E-state index is 0.336. The van der Waals surface area contributed by atoms with Crippen molar-refractivity contribution in [2.75, 3.05) is 13.2 Å². The Bertz CT molecular complexity index is 1250. The molecule has 3 aromatic rings. The SMILES string of the molecule is CCCCOC(=O)C(CCC)Oc1c2ccccc2c(OC(CCC)C(=O)OCCCC)c2cc(CC)ccc12. The molecule has 0 aliphatic rings. The molecule has 218 valence electrons. The second-order valence-corrected chi connectivity index (χ2v) is 10.3. The minimum atomic E-state index is -0.716. The Hall–Kier alpha value is -3.28. The van der Waals surface area contributed by atoms with Crippen LogP contribution in [0.3, 0.4) is 0 Å². The Balaban J connectivity index is 2.14. The van der Waals surface area contributed by atoms with Crippen LogP contribution in [-0.4, -0.2) is 37.4 Å². The van der Waals surface area contributed by atoms with Crippen molar-refractivity contribution in [3.8, 4) is 11.5 Å². The summed E-state index contributed by atoms with van der Waals surface area (Å²) >= 11 is 0. The molecule has 3 rings (SSSR count). The molecule has 0 aliphatic carbocycles. The molecule has 0 radical (unpaired) electrons. The lowest BCUT2D eigenvalue weighted by molar-refractivity contribution is -0.153. The second-order valence-electron chi connectivity index (χ2n) is 10.3. The van der Waals surface area contributed by atoms with E-state index in [0.717, 1.165) is 72.1 Å². The number of hydrogen-bond donors (Lipinski definition) is 0. The van der Waals surface area contributed by atoms with E-state index in [9.17, 15) is 9.59 Å². The first kappa shape index (κ1) is 31.3. The highest BCUT2D eigenvalue weighted by Crippen LogP contribution is 2.44. The summed E-state index contributed by atoms with van der Waals surface area (Å²) in [6, 6.07) is 14.1. The van der Waals surface area contributed by atoms with Gasteiger partial charge in [-0.1, -0.05) is 96.7 Å². The van der Waals surface area contributed by atoms with Crippen molar-refractivity contribution >= 4 is 33.5 Å². The minimum Gasteiger partial charge on any atom is -0.477 e. The van der Waals surface area contributed by atoms with Crippen molar-refractivity contribution in [2.24, 2.45) is 0 Å². The normalized spacial score (nSPS) is 12.7. The van der Waals surface area contributed by atoms with E-state index in [2.05, 4.69) is 32.9 Å². The molecular formula is C34H46O6. The molecule has 0 saturated carbocycles. The van der Waals surface area contributed by atoms with Crippen LogP contribution < -0.4 is 9.47 Å². The van der Waals surface area contributed by atoms with Gasteiger partial charge in [0, 0.05) is 21.5 Å². The average molecular weight is 551 g/mol. The molecular weight excluding hydrogens is 504 g/mol. The van der Waals surface area contributed by atoms with Crippen molar-refractivity contribution < 1.29 is 28.5 Å². The highest BCUT2D eigenvalue weighted by Gasteiger charge is 2.27. The number of esters is 2. The maximum atomic E-state index is 13.1. The van der Waals surface area contributed by atoms with E-state index >= 15 is 0 Å². The van der Waals surface area contributed by atoms with Gasteiger partial charge in [-0.25, -0.2) is 9.59 Å². The van der Waals surface area contributed by atoms with Crippen LogP contribution in [-0.2, 0) is 25.5 Å². The van der Waals surface area contributed by atoms with Crippen molar-refractivity contribution in [3.05, 3.63) is 48.0 Å². The van der Waals surface area contributed by atoms with Crippen LogP contribution >= 0.6 is 0 Å². The molecule has 0 fully saturated rings. The van der Waals surface area contributed by atoms with Gasteiger partial charge in [0.25, 0.3) is 0 Å². The van der Waals surface area contributed by atoms with Crippen molar-refractivity contribution in [3.63, 3.8) is 0 Å². The highest BCUT2D eigenvalue weighted by molar-refractivity contribution is 6.11. The zero-order valence-corrected chi connectivity index (χ0v) is 24.9.